The van der Waals surface area contributed by atoms with Crippen LogP contribution in [0, 0.1) is 0 Å². The van der Waals surface area contributed by atoms with Gasteiger partial charge in [0.2, 0.25) is 0 Å². The molecule has 0 aromatic carbocycles. The smallest absolute Gasteiger partial charge is 0.156 e. The van der Waals surface area contributed by atoms with E-state index in [2.05, 4.69) is 9.97 Å². The van der Waals surface area contributed by atoms with Crippen molar-refractivity contribution < 1.29 is 0 Å². The molecule has 0 atom stereocenters. The maximum Gasteiger partial charge on any atom is 0.156 e. The van der Waals surface area contributed by atoms with Crippen LogP contribution in [0.25, 0.3) is 5.65 Å². The summed E-state index contributed by atoms with van der Waals surface area (Å²) in [5, 5.41) is 0. The van der Waals surface area contributed by atoms with Crippen molar-refractivity contribution in [1.29, 1.82) is 0 Å². The van der Waals surface area contributed by atoms with E-state index in [-0.39, 0.29) is 0 Å². The summed E-state index contributed by atoms with van der Waals surface area (Å²) in [6, 6.07) is 1.86. The van der Waals surface area contributed by atoms with E-state index in [1.807, 2.05) is 16.7 Å². The molecule has 2 rings (SSSR count). The van der Waals surface area contributed by atoms with Gasteiger partial charge in [0.15, 0.2) is 5.65 Å². The highest BCUT2D eigenvalue weighted by molar-refractivity contribution is 5.35. The second-order valence-electron chi connectivity index (χ2n) is 2.23. The van der Waals surface area contributed by atoms with Crippen LogP contribution >= 0.6 is 0 Å². The fraction of sp³-hybridized carbons (Fsp3) is 0.143. The fourth-order valence-corrected chi connectivity index (χ4v) is 1.04. The van der Waals surface area contributed by atoms with Crippen molar-refractivity contribution in [1.82, 2.24) is 14.4 Å². The average molecular weight is 148 g/mol. The Balaban J connectivity index is 2.76. The van der Waals surface area contributed by atoms with Gasteiger partial charge in [-0.2, -0.15) is 0 Å². The Kier molecular flexibility index (Phi) is 1.33. The first kappa shape index (κ1) is 6.30. The Morgan fingerprint density at radius 3 is 3.18 bits per heavy atom. The van der Waals surface area contributed by atoms with Gasteiger partial charge in [-0.1, -0.05) is 0 Å². The predicted molar refractivity (Wildman–Crippen MR) is 40.9 cm³/mol. The van der Waals surface area contributed by atoms with Gasteiger partial charge < -0.3 is 5.73 Å². The van der Waals surface area contributed by atoms with Crippen molar-refractivity contribution in [2.75, 3.05) is 0 Å². The molecular weight excluding hydrogens is 140 g/mol. The van der Waals surface area contributed by atoms with Gasteiger partial charge in [0.25, 0.3) is 0 Å². The molecule has 0 bridgehead atoms. The zero-order chi connectivity index (χ0) is 7.68. The minimum atomic E-state index is 0.444. The Labute approximate surface area is 63.7 Å². The van der Waals surface area contributed by atoms with Crippen LogP contribution in [0.15, 0.2) is 24.7 Å². The summed E-state index contributed by atoms with van der Waals surface area (Å²) in [4.78, 5) is 8.18. The van der Waals surface area contributed by atoms with Crippen LogP contribution in [0.3, 0.4) is 0 Å². The third kappa shape index (κ3) is 0.877. The molecular formula is C7H8N4. The van der Waals surface area contributed by atoms with Gasteiger partial charge in [-0.15, -0.1) is 0 Å². The monoisotopic (exact) mass is 148 g/mol. The van der Waals surface area contributed by atoms with E-state index in [4.69, 9.17) is 5.73 Å². The van der Waals surface area contributed by atoms with Crippen LogP contribution in [0.1, 0.15) is 5.82 Å². The molecule has 11 heavy (non-hydrogen) atoms. The highest BCUT2D eigenvalue weighted by Gasteiger charge is 1.98. The minimum Gasteiger partial charge on any atom is -0.324 e. The third-order valence-electron chi connectivity index (χ3n) is 1.56. The number of nitrogens with zero attached hydrogens (tertiary/aromatic N) is 3. The molecule has 0 amide bonds. The largest absolute Gasteiger partial charge is 0.324 e. The first-order chi connectivity index (χ1) is 5.42. The predicted octanol–water partition coefficient (Wildman–Crippen LogP) is 0.188. The topological polar surface area (TPSA) is 56.2 Å². The van der Waals surface area contributed by atoms with Gasteiger partial charge in [-0.3, -0.25) is 4.40 Å². The molecule has 4 heteroatoms. The summed E-state index contributed by atoms with van der Waals surface area (Å²) in [6.07, 6.45) is 5.34. The van der Waals surface area contributed by atoms with Crippen molar-refractivity contribution in [2.24, 2.45) is 5.73 Å². The Hall–Kier alpha value is -1.42. The summed E-state index contributed by atoms with van der Waals surface area (Å²) < 4.78 is 1.88. The quantitative estimate of drug-likeness (QED) is 0.628. The molecule has 0 saturated carbocycles. The molecule has 4 nitrogen and oxygen atoms in total. The first-order valence-electron chi connectivity index (χ1n) is 3.39. The van der Waals surface area contributed by atoms with Gasteiger partial charge in [0.05, 0.1) is 12.7 Å². The van der Waals surface area contributed by atoms with Crippen molar-refractivity contribution in [3.8, 4) is 0 Å². The molecule has 0 aliphatic heterocycles. The van der Waals surface area contributed by atoms with Crippen molar-refractivity contribution >= 4 is 5.65 Å². The van der Waals surface area contributed by atoms with Crippen LogP contribution in [-0.2, 0) is 6.54 Å². The highest BCUT2D eigenvalue weighted by atomic mass is 15.1. The minimum absolute atomic E-state index is 0.444. The van der Waals surface area contributed by atoms with E-state index in [9.17, 15) is 0 Å². The van der Waals surface area contributed by atoms with E-state index >= 15 is 0 Å². The molecule has 0 unspecified atom stereocenters. The van der Waals surface area contributed by atoms with Crippen molar-refractivity contribution in [2.45, 2.75) is 6.54 Å². The second kappa shape index (κ2) is 2.32. The number of hydrogen-bond donors (Lipinski definition) is 1. The van der Waals surface area contributed by atoms with Gasteiger partial charge in [-0.05, 0) is 6.07 Å². The lowest BCUT2D eigenvalue weighted by Gasteiger charge is -1.94. The van der Waals surface area contributed by atoms with Crippen LogP contribution in [0.2, 0.25) is 0 Å². The molecule has 0 aliphatic rings. The van der Waals surface area contributed by atoms with Gasteiger partial charge >= 0.3 is 0 Å². The first-order valence-corrected chi connectivity index (χ1v) is 3.39. The molecule has 0 saturated heterocycles. The number of fused-ring (bicyclic) bond motifs is 1. The molecule has 2 aromatic heterocycles. The number of imidazole rings is 1. The number of nitrogens with two attached hydrogens (primary N) is 1. The normalized spacial score (nSPS) is 10.6. The zero-order valence-corrected chi connectivity index (χ0v) is 5.94. The summed E-state index contributed by atoms with van der Waals surface area (Å²) in [5.74, 6) is 0.841. The van der Waals surface area contributed by atoms with E-state index in [1.54, 1.807) is 12.4 Å². The summed E-state index contributed by atoms with van der Waals surface area (Å²) in [6.45, 7) is 0.444. The molecule has 2 heterocycles. The Morgan fingerprint density at radius 2 is 2.36 bits per heavy atom. The number of hydrogen-bond acceptors (Lipinski definition) is 3. The molecule has 2 N–H and O–H groups in total. The lowest BCUT2D eigenvalue weighted by molar-refractivity contribution is 0.897. The number of aromatic nitrogens is 3. The number of rotatable bonds is 1. The lowest BCUT2D eigenvalue weighted by atomic mass is 10.6. The second-order valence-corrected chi connectivity index (χ2v) is 2.23. The zero-order valence-electron chi connectivity index (χ0n) is 5.94. The molecule has 0 aliphatic carbocycles. The highest BCUT2D eigenvalue weighted by Crippen LogP contribution is 2.00. The molecule has 0 fully saturated rings. The van der Waals surface area contributed by atoms with Crippen LogP contribution in [-0.4, -0.2) is 14.4 Å². The molecule has 2 aromatic rings. The van der Waals surface area contributed by atoms with Crippen molar-refractivity contribution in [3.63, 3.8) is 0 Å². The van der Waals surface area contributed by atoms with Crippen molar-refractivity contribution in [3.05, 3.63) is 30.5 Å². The lowest BCUT2D eigenvalue weighted by Crippen LogP contribution is -2.02. The van der Waals surface area contributed by atoms with Gasteiger partial charge in [0.1, 0.15) is 5.82 Å². The third-order valence-corrected chi connectivity index (χ3v) is 1.56. The SMILES string of the molecule is NCc1ncc2ncccn12. The Bertz CT molecular complexity index is 365. The fourth-order valence-electron chi connectivity index (χ4n) is 1.04. The van der Waals surface area contributed by atoms with E-state index < -0.39 is 0 Å². The molecule has 0 radical (unpaired) electrons. The van der Waals surface area contributed by atoms with E-state index in [1.165, 1.54) is 0 Å². The van der Waals surface area contributed by atoms with E-state index in [0.29, 0.717) is 6.54 Å². The van der Waals surface area contributed by atoms with Gasteiger partial charge in [0, 0.05) is 12.4 Å². The van der Waals surface area contributed by atoms with E-state index in [0.717, 1.165) is 11.5 Å². The van der Waals surface area contributed by atoms with Crippen LogP contribution < -0.4 is 5.73 Å². The summed E-state index contributed by atoms with van der Waals surface area (Å²) >= 11 is 0. The van der Waals surface area contributed by atoms with Crippen LogP contribution in [0.4, 0.5) is 0 Å². The molecule has 56 valence electrons. The van der Waals surface area contributed by atoms with Gasteiger partial charge in [-0.25, -0.2) is 9.97 Å². The van der Waals surface area contributed by atoms with Crippen LogP contribution in [0.5, 0.6) is 0 Å². The standard InChI is InChI=1S/C7H8N4/c8-4-6-10-5-7-9-2-1-3-11(6)7/h1-3,5H,4,8H2. The Morgan fingerprint density at radius 1 is 1.45 bits per heavy atom. The average Bonchev–Trinajstić information content (AvgIpc) is 2.47. The summed E-state index contributed by atoms with van der Waals surface area (Å²) in [5.41, 5.74) is 6.29. The maximum absolute atomic E-state index is 5.45. The summed E-state index contributed by atoms with van der Waals surface area (Å²) in [7, 11) is 0. The molecule has 0 spiro atoms. The maximum atomic E-state index is 5.45.